The fourth-order valence-electron chi connectivity index (χ4n) is 4.58. The number of amides is 2. The van der Waals surface area contributed by atoms with E-state index in [1.807, 2.05) is 91.3 Å². The molecule has 2 N–H and O–H groups in total. The van der Waals surface area contributed by atoms with Crippen molar-refractivity contribution in [2.45, 2.75) is 34.2 Å². The third kappa shape index (κ3) is 5.92. The first-order valence-electron chi connectivity index (χ1n) is 12.7. The molecule has 6 heteroatoms. The van der Waals surface area contributed by atoms with Crippen LogP contribution in [0.2, 0.25) is 0 Å². The number of hydrogen-bond donors (Lipinski definition) is 2. The first-order valence-corrected chi connectivity index (χ1v) is 12.7. The van der Waals surface area contributed by atoms with Crippen LogP contribution in [0.25, 0.3) is 11.1 Å². The summed E-state index contributed by atoms with van der Waals surface area (Å²) in [5.74, 6) is -0.734. The summed E-state index contributed by atoms with van der Waals surface area (Å²) in [6.07, 6.45) is 1.99. The second-order valence-corrected chi connectivity index (χ2v) is 9.14. The molecule has 0 radical (unpaired) electrons. The zero-order valence-corrected chi connectivity index (χ0v) is 21.9. The maximum atomic E-state index is 13.5. The lowest BCUT2D eigenvalue weighted by atomic mass is 10.0. The number of carbonyl (C=O) groups is 2. The fourth-order valence-corrected chi connectivity index (χ4v) is 4.58. The zero-order chi connectivity index (χ0) is 26.4. The largest absolute Gasteiger partial charge is 0.372 e. The minimum Gasteiger partial charge on any atom is -0.372 e. The lowest BCUT2D eigenvalue weighted by Crippen LogP contribution is -2.42. The van der Waals surface area contributed by atoms with E-state index < -0.39 is 0 Å². The van der Waals surface area contributed by atoms with Gasteiger partial charge in [-0.3, -0.25) is 20.4 Å². The van der Waals surface area contributed by atoms with Crippen molar-refractivity contribution in [2.75, 3.05) is 18.0 Å². The molecule has 4 rings (SSSR count). The van der Waals surface area contributed by atoms with Crippen LogP contribution >= 0.6 is 0 Å². The van der Waals surface area contributed by atoms with Crippen molar-refractivity contribution >= 4 is 17.5 Å². The van der Waals surface area contributed by atoms with Crippen LogP contribution in [0.5, 0.6) is 0 Å². The van der Waals surface area contributed by atoms with Gasteiger partial charge in [-0.1, -0.05) is 60.2 Å². The van der Waals surface area contributed by atoms with Gasteiger partial charge in [-0.25, -0.2) is 0 Å². The molecule has 0 aliphatic heterocycles. The minimum atomic E-state index is -0.368. The van der Waals surface area contributed by atoms with Crippen molar-refractivity contribution in [1.82, 2.24) is 15.4 Å². The van der Waals surface area contributed by atoms with E-state index >= 15 is 0 Å². The van der Waals surface area contributed by atoms with Gasteiger partial charge in [0, 0.05) is 42.6 Å². The predicted molar refractivity (Wildman–Crippen MR) is 150 cm³/mol. The molecule has 0 unspecified atom stereocenters. The third-order valence-corrected chi connectivity index (χ3v) is 6.57. The van der Waals surface area contributed by atoms with Crippen molar-refractivity contribution in [3.05, 3.63) is 113 Å². The number of nitrogens with one attached hydrogen (secondary N) is 2. The SMILES string of the molecule is CCN(CC)c1ccc(C(=O)NNC(=O)c2c(-c3ccc(C)cc3)c(C)cn2Cc2ccccc2)cc1. The van der Waals surface area contributed by atoms with Crippen LogP contribution in [0.1, 0.15) is 51.4 Å². The van der Waals surface area contributed by atoms with Crippen LogP contribution < -0.4 is 15.8 Å². The number of benzene rings is 3. The Labute approximate surface area is 218 Å². The van der Waals surface area contributed by atoms with Crippen LogP contribution in [0.15, 0.2) is 85.1 Å². The van der Waals surface area contributed by atoms with E-state index in [9.17, 15) is 9.59 Å². The first kappa shape index (κ1) is 25.8. The molecule has 37 heavy (non-hydrogen) atoms. The van der Waals surface area contributed by atoms with E-state index in [1.54, 1.807) is 12.1 Å². The molecule has 6 nitrogen and oxygen atoms in total. The number of hydrogen-bond acceptors (Lipinski definition) is 3. The molecule has 0 spiro atoms. The normalized spacial score (nSPS) is 10.7. The Morgan fingerprint density at radius 1 is 0.784 bits per heavy atom. The second kappa shape index (κ2) is 11.6. The van der Waals surface area contributed by atoms with Crippen LogP contribution in [0.4, 0.5) is 5.69 Å². The lowest BCUT2D eigenvalue weighted by molar-refractivity contribution is 0.0842. The molecular weight excluding hydrogens is 460 g/mol. The molecule has 1 heterocycles. The number of nitrogens with zero attached hydrogens (tertiary/aromatic N) is 2. The predicted octanol–water partition coefficient (Wildman–Crippen LogP) is 5.74. The van der Waals surface area contributed by atoms with Gasteiger partial charge >= 0.3 is 0 Å². The number of carbonyl (C=O) groups excluding carboxylic acids is 2. The molecule has 190 valence electrons. The molecular formula is C31H34N4O2. The average Bonchev–Trinajstić information content (AvgIpc) is 3.24. The number of aromatic nitrogens is 1. The summed E-state index contributed by atoms with van der Waals surface area (Å²) in [7, 11) is 0. The Morgan fingerprint density at radius 3 is 2.03 bits per heavy atom. The maximum Gasteiger partial charge on any atom is 0.286 e. The summed E-state index contributed by atoms with van der Waals surface area (Å²) in [6, 6.07) is 25.5. The number of aryl methyl sites for hydroxylation is 2. The van der Waals surface area contributed by atoms with Crippen LogP contribution in [0, 0.1) is 13.8 Å². The molecule has 2 amide bonds. The number of rotatable bonds is 8. The zero-order valence-electron chi connectivity index (χ0n) is 21.9. The summed E-state index contributed by atoms with van der Waals surface area (Å²) >= 11 is 0. The Kier molecular flexibility index (Phi) is 8.08. The van der Waals surface area contributed by atoms with Gasteiger partial charge in [0.05, 0.1) is 0 Å². The van der Waals surface area contributed by atoms with Crippen LogP contribution in [0.3, 0.4) is 0 Å². The van der Waals surface area contributed by atoms with Gasteiger partial charge in [0.1, 0.15) is 5.69 Å². The van der Waals surface area contributed by atoms with Gasteiger partial charge in [0.2, 0.25) is 0 Å². The van der Waals surface area contributed by atoms with Crippen molar-refractivity contribution in [2.24, 2.45) is 0 Å². The standard InChI is InChI=1S/C31H34N4O2/c1-5-34(6-2)27-18-16-26(17-19-27)30(36)32-33-31(37)29-28(25-14-12-22(3)13-15-25)23(4)20-35(29)21-24-10-8-7-9-11-24/h7-20H,5-6,21H2,1-4H3,(H,32,36)(H,33,37). The van der Waals surface area contributed by atoms with Gasteiger partial charge in [-0.05, 0) is 68.7 Å². The summed E-state index contributed by atoms with van der Waals surface area (Å²) in [6.45, 7) is 10.6. The molecule has 0 saturated carbocycles. The highest BCUT2D eigenvalue weighted by molar-refractivity contribution is 6.02. The molecule has 0 fully saturated rings. The van der Waals surface area contributed by atoms with Crippen molar-refractivity contribution in [1.29, 1.82) is 0 Å². The van der Waals surface area contributed by atoms with E-state index in [4.69, 9.17) is 0 Å². The smallest absolute Gasteiger partial charge is 0.286 e. The maximum absolute atomic E-state index is 13.5. The number of hydrazine groups is 1. The highest BCUT2D eigenvalue weighted by Gasteiger charge is 2.22. The Morgan fingerprint density at radius 2 is 1.41 bits per heavy atom. The van der Waals surface area contributed by atoms with E-state index in [2.05, 4.69) is 29.6 Å². The van der Waals surface area contributed by atoms with Gasteiger partial charge in [0.25, 0.3) is 11.8 Å². The van der Waals surface area contributed by atoms with E-state index in [0.29, 0.717) is 17.8 Å². The number of anilines is 1. The van der Waals surface area contributed by atoms with Crippen LogP contribution in [-0.4, -0.2) is 29.5 Å². The van der Waals surface area contributed by atoms with Crippen LogP contribution in [-0.2, 0) is 6.54 Å². The van der Waals surface area contributed by atoms with Gasteiger partial charge in [0.15, 0.2) is 0 Å². The molecule has 0 aliphatic rings. The Bertz CT molecular complexity index is 1350. The molecule has 4 aromatic rings. The quantitative estimate of drug-likeness (QED) is 0.307. The summed E-state index contributed by atoms with van der Waals surface area (Å²) in [5.41, 5.74) is 12.3. The minimum absolute atomic E-state index is 0.366. The monoisotopic (exact) mass is 494 g/mol. The first-order chi connectivity index (χ1) is 17.9. The van der Waals surface area contributed by atoms with E-state index in [-0.39, 0.29) is 11.8 Å². The molecule has 0 atom stereocenters. The van der Waals surface area contributed by atoms with Gasteiger partial charge < -0.3 is 9.47 Å². The lowest BCUT2D eigenvalue weighted by Gasteiger charge is -2.21. The Hall–Kier alpha value is -4.32. The summed E-state index contributed by atoms with van der Waals surface area (Å²) < 4.78 is 1.94. The van der Waals surface area contributed by atoms with Crippen molar-refractivity contribution < 1.29 is 9.59 Å². The van der Waals surface area contributed by atoms with Crippen molar-refractivity contribution in [3.8, 4) is 11.1 Å². The molecule has 1 aromatic heterocycles. The molecule has 0 aliphatic carbocycles. The summed E-state index contributed by atoms with van der Waals surface area (Å²) in [5, 5.41) is 0. The molecule has 0 saturated heterocycles. The Balaban J connectivity index is 1.58. The molecule has 3 aromatic carbocycles. The van der Waals surface area contributed by atoms with E-state index in [1.165, 1.54) is 0 Å². The van der Waals surface area contributed by atoms with E-state index in [0.717, 1.165) is 46.6 Å². The fraction of sp³-hybridized carbons (Fsp3) is 0.226. The van der Waals surface area contributed by atoms with Gasteiger partial charge in [-0.15, -0.1) is 0 Å². The molecule has 0 bridgehead atoms. The second-order valence-electron chi connectivity index (χ2n) is 9.14. The third-order valence-electron chi connectivity index (χ3n) is 6.57. The summed E-state index contributed by atoms with van der Waals surface area (Å²) in [4.78, 5) is 28.6. The van der Waals surface area contributed by atoms with Crippen molar-refractivity contribution in [3.63, 3.8) is 0 Å². The highest BCUT2D eigenvalue weighted by Crippen LogP contribution is 2.30. The van der Waals surface area contributed by atoms with Gasteiger partial charge in [-0.2, -0.15) is 0 Å². The highest BCUT2D eigenvalue weighted by atomic mass is 16.2. The topological polar surface area (TPSA) is 66.4 Å². The average molecular weight is 495 g/mol.